The predicted octanol–water partition coefficient (Wildman–Crippen LogP) is 2.28. The molecular weight excluding hydrogens is 190 g/mol. The molecule has 1 aromatic rings. The molecule has 0 spiro atoms. The second kappa shape index (κ2) is 4.43. The monoisotopic (exact) mass is 205 g/mol. The van der Waals surface area contributed by atoms with Crippen LogP contribution in [-0.4, -0.2) is 16.9 Å². The first-order valence-electron chi connectivity index (χ1n) is 5.36. The lowest BCUT2D eigenvalue weighted by Crippen LogP contribution is -2.24. The van der Waals surface area contributed by atoms with Crippen molar-refractivity contribution in [3.63, 3.8) is 0 Å². The molecule has 0 saturated heterocycles. The summed E-state index contributed by atoms with van der Waals surface area (Å²) >= 11 is 0. The molecule has 2 rings (SSSR count). The number of pyridine rings is 1. The van der Waals surface area contributed by atoms with Gasteiger partial charge < -0.3 is 4.74 Å². The third kappa shape index (κ3) is 2.78. The van der Waals surface area contributed by atoms with Crippen LogP contribution in [0.1, 0.15) is 31.4 Å². The Morgan fingerprint density at radius 2 is 2.07 bits per heavy atom. The minimum absolute atomic E-state index is 0.164. The van der Waals surface area contributed by atoms with Crippen LogP contribution in [0.4, 0.5) is 0 Å². The Kier molecular flexibility index (Phi) is 2.99. The third-order valence-electron chi connectivity index (χ3n) is 2.64. The maximum absolute atomic E-state index is 11.0. The van der Waals surface area contributed by atoms with Gasteiger partial charge in [-0.15, -0.1) is 0 Å². The maximum Gasteiger partial charge on any atom is 0.213 e. The van der Waals surface area contributed by atoms with Gasteiger partial charge in [0.25, 0.3) is 0 Å². The molecule has 15 heavy (non-hydrogen) atoms. The standard InChI is InChI=1S/C12H15NO2/c1-9-3-2-4-12(13-9)15-11-7-5-10(14)6-8-11/h2-4,11H,5-8H2,1H3. The maximum atomic E-state index is 11.0. The number of Topliss-reactive ketones (excluding diaryl/α,β-unsaturated/α-hetero) is 1. The van der Waals surface area contributed by atoms with Gasteiger partial charge in [0.05, 0.1) is 0 Å². The summed E-state index contributed by atoms with van der Waals surface area (Å²) in [5, 5.41) is 0. The molecule has 1 fully saturated rings. The Balaban J connectivity index is 1.94. The summed E-state index contributed by atoms with van der Waals surface area (Å²) < 4.78 is 5.72. The number of hydrogen-bond acceptors (Lipinski definition) is 3. The number of ketones is 1. The molecule has 1 aromatic heterocycles. The van der Waals surface area contributed by atoms with Crippen molar-refractivity contribution < 1.29 is 9.53 Å². The summed E-state index contributed by atoms with van der Waals surface area (Å²) in [7, 11) is 0. The molecular formula is C12H15NO2. The lowest BCUT2D eigenvalue weighted by atomic mass is 9.96. The number of hydrogen-bond donors (Lipinski definition) is 0. The van der Waals surface area contributed by atoms with Crippen LogP contribution in [0, 0.1) is 6.92 Å². The Hall–Kier alpha value is -1.38. The second-order valence-corrected chi connectivity index (χ2v) is 3.97. The predicted molar refractivity (Wildman–Crippen MR) is 56.9 cm³/mol. The van der Waals surface area contributed by atoms with Gasteiger partial charge in [-0.1, -0.05) is 6.07 Å². The smallest absolute Gasteiger partial charge is 0.213 e. The van der Waals surface area contributed by atoms with Gasteiger partial charge in [0.15, 0.2) is 0 Å². The van der Waals surface area contributed by atoms with E-state index in [4.69, 9.17) is 4.74 Å². The quantitative estimate of drug-likeness (QED) is 0.743. The normalized spacial score (nSPS) is 17.8. The number of carbonyl (C=O) groups excluding carboxylic acids is 1. The van der Waals surface area contributed by atoms with E-state index in [9.17, 15) is 4.79 Å². The van der Waals surface area contributed by atoms with Crippen molar-refractivity contribution in [2.75, 3.05) is 0 Å². The lowest BCUT2D eigenvalue weighted by Gasteiger charge is -2.21. The van der Waals surface area contributed by atoms with E-state index in [0.717, 1.165) is 18.5 Å². The average molecular weight is 205 g/mol. The third-order valence-corrected chi connectivity index (χ3v) is 2.64. The Morgan fingerprint density at radius 3 is 2.73 bits per heavy atom. The van der Waals surface area contributed by atoms with Gasteiger partial charge >= 0.3 is 0 Å². The molecule has 0 atom stereocenters. The van der Waals surface area contributed by atoms with Crippen molar-refractivity contribution in [3.05, 3.63) is 23.9 Å². The Bertz CT molecular complexity index is 352. The van der Waals surface area contributed by atoms with Crippen LogP contribution in [0.25, 0.3) is 0 Å². The molecule has 1 saturated carbocycles. The highest BCUT2D eigenvalue weighted by molar-refractivity contribution is 5.79. The number of carbonyl (C=O) groups is 1. The van der Waals surface area contributed by atoms with E-state index in [1.54, 1.807) is 0 Å². The van der Waals surface area contributed by atoms with Crippen molar-refractivity contribution in [2.45, 2.75) is 38.7 Å². The van der Waals surface area contributed by atoms with Crippen LogP contribution >= 0.6 is 0 Å². The molecule has 0 amide bonds. The molecule has 1 aliphatic carbocycles. The van der Waals surface area contributed by atoms with Crippen molar-refractivity contribution in [2.24, 2.45) is 0 Å². The molecule has 1 aliphatic rings. The zero-order valence-electron chi connectivity index (χ0n) is 8.90. The highest BCUT2D eigenvalue weighted by atomic mass is 16.5. The van der Waals surface area contributed by atoms with Crippen LogP contribution in [0.3, 0.4) is 0 Å². The summed E-state index contributed by atoms with van der Waals surface area (Å²) in [5.41, 5.74) is 0.958. The van der Waals surface area contributed by atoms with Crippen molar-refractivity contribution in [3.8, 4) is 5.88 Å². The van der Waals surface area contributed by atoms with Crippen LogP contribution in [0.5, 0.6) is 5.88 Å². The molecule has 0 aliphatic heterocycles. The molecule has 1 heterocycles. The molecule has 0 aromatic carbocycles. The number of aryl methyl sites for hydroxylation is 1. The van der Waals surface area contributed by atoms with Gasteiger partial charge in [-0.05, 0) is 25.8 Å². The first-order chi connectivity index (χ1) is 7.24. The van der Waals surface area contributed by atoms with E-state index >= 15 is 0 Å². The van der Waals surface area contributed by atoms with Crippen LogP contribution in [0.2, 0.25) is 0 Å². The van der Waals surface area contributed by atoms with Gasteiger partial charge in [-0.3, -0.25) is 4.79 Å². The van der Waals surface area contributed by atoms with E-state index in [-0.39, 0.29) is 6.10 Å². The van der Waals surface area contributed by atoms with Crippen LogP contribution in [-0.2, 0) is 4.79 Å². The molecule has 0 N–H and O–H groups in total. The first kappa shape index (κ1) is 10.1. The first-order valence-corrected chi connectivity index (χ1v) is 5.36. The number of aromatic nitrogens is 1. The molecule has 0 unspecified atom stereocenters. The molecule has 80 valence electrons. The number of ether oxygens (including phenoxy) is 1. The van der Waals surface area contributed by atoms with Crippen molar-refractivity contribution >= 4 is 5.78 Å². The van der Waals surface area contributed by atoms with Gasteiger partial charge in [-0.25, -0.2) is 4.98 Å². The molecule has 3 heteroatoms. The minimum atomic E-state index is 0.164. The topological polar surface area (TPSA) is 39.2 Å². The molecule has 0 bridgehead atoms. The minimum Gasteiger partial charge on any atom is -0.474 e. The summed E-state index contributed by atoms with van der Waals surface area (Å²) in [6, 6.07) is 5.74. The molecule has 0 radical (unpaired) electrons. The lowest BCUT2D eigenvalue weighted by molar-refractivity contribution is -0.121. The zero-order valence-corrected chi connectivity index (χ0v) is 8.90. The fourth-order valence-electron chi connectivity index (χ4n) is 1.79. The van der Waals surface area contributed by atoms with Gasteiger partial charge in [-0.2, -0.15) is 0 Å². The number of nitrogens with zero attached hydrogens (tertiary/aromatic N) is 1. The second-order valence-electron chi connectivity index (χ2n) is 3.97. The van der Waals surface area contributed by atoms with Crippen LogP contribution in [0.15, 0.2) is 18.2 Å². The van der Waals surface area contributed by atoms with E-state index in [1.165, 1.54) is 0 Å². The summed E-state index contributed by atoms with van der Waals surface area (Å²) in [6.45, 7) is 1.94. The van der Waals surface area contributed by atoms with Gasteiger partial charge in [0.2, 0.25) is 5.88 Å². The zero-order chi connectivity index (χ0) is 10.7. The van der Waals surface area contributed by atoms with Gasteiger partial charge in [0, 0.05) is 24.6 Å². The Morgan fingerprint density at radius 1 is 1.33 bits per heavy atom. The van der Waals surface area contributed by atoms with Crippen molar-refractivity contribution in [1.82, 2.24) is 4.98 Å². The average Bonchev–Trinajstić information content (AvgIpc) is 2.22. The van der Waals surface area contributed by atoms with E-state index in [2.05, 4.69) is 4.98 Å². The van der Waals surface area contributed by atoms with E-state index in [0.29, 0.717) is 24.5 Å². The highest BCUT2D eigenvalue weighted by Crippen LogP contribution is 2.20. The SMILES string of the molecule is Cc1cccc(OC2CCC(=O)CC2)n1. The summed E-state index contributed by atoms with van der Waals surface area (Å²) in [6.07, 6.45) is 3.12. The fraction of sp³-hybridized carbons (Fsp3) is 0.500. The molecule has 3 nitrogen and oxygen atoms in total. The Labute approximate surface area is 89.5 Å². The largest absolute Gasteiger partial charge is 0.474 e. The van der Waals surface area contributed by atoms with E-state index < -0.39 is 0 Å². The fourth-order valence-corrected chi connectivity index (χ4v) is 1.79. The van der Waals surface area contributed by atoms with Crippen LogP contribution < -0.4 is 4.74 Å². The van der Waals surface area contributed by atoms with Gasteiger partial charge in [0.1, 0.15) is 11.9 Å². The van der Waals surface area contributed by atoms with E-state index in [1.807, 2.05) is 25.1 Å². The summed E-state index contributed by atoms with van der Waals surface area (Å²) in [4.78, 5) is 15.3. The highest BCUT2D eigenvalue weighted by Gasteiger charge is 2.20. The van der Waals surface area contributed by atoms with Crippen molar-refractivity contribution in [1.29, 1.82) is 0 Å². The summed E-state index contributed by atoms with van der Waals surface area (Å²) in [5.74, 6) is 1.03. The number of rotatable bonds is 2.